The van der Waals surface area contributed by atoms with E-state index in [-0.39, 0.29) is 0 Å². The SMILES string of the molecule is CN(CCCOc1ccccc1)CCN1CCNCC1. The maximum Gasteiger partial charge on any atom is 0.119 e. The molecule has 4 nitrogen and oxygen atoms in total. The second kappa shape index (κ2) is 8.95. The van der Waals surface area contributed by atoms with Crippen LogP contribution in [0.25, 0.3) is 0 Å². The van der Waals surface area contributed by atoms with E-state index in [4.69, 9.17) is 4.74 Å². The second-order valence-electron chi connectivity index (χ2n) is 5.41. The first kappa shape index (κ1) is 15.3. The van der Waals surface area contributed by atoms with Crippen molar-refractivity contribution in [2.45, 2.75) is 6.42 Å². The summed E-state index contributed by atoms with van der Waals surface area (Å²) in [5.41, 5.74) is 0. The first-order chi connectivity index (χ1) is 9.84. The minimum atomic E-state index is 0.794. The molecule has 0 saturated carbocycles. The first-order valence-corrected chi connectivity index (χ1v) is 7.64. The number of hydrogen-bond donors (Lipinski definition) is 1. The lowest BCUT2D eigenvalue weighted by Gasteiger charge is -2.29. The number of ether oxygens (including phenoxy) is 1. The zero-order valence-corrected chi connectivity index (χ0v) is 12.6. The fourth-order valence-electron chi connectivity index (χ4n) is 2.40. The molecule has 0 aromatic heterocycles. The zero-order chi connectivity index (χ0) is 14.0. The molecule has 0 amide bonds. The molecule has 0 unspecified atom stereocenters. The minimum absolute atomic E-state index is 0.794. The Morgan fingerprint density at radius 1 is 1.15 bits per heavy atom. The average Bonchev–Trinajstić information content (AvgIpc) is 2.52. The molecule has 20 heavy (non-hydrogen) atoms. The lowest BCUT2D eigenvalue weighted by atomic mass is 10.3. The molecule has 1 fully saturated rings. The normalized spacial score (nSPS) is 16.5. The Morgan fingerprint density at radius 3 is 2.65 bits per heavy atom. The quantitative estimate of drug-likeness (QED) is 0.725. The topological polar surface area (TPSA) is 27.7 Å². The Kier molecular flexibility index (Phi) is 6.84. The van der Waals surface area contributed by atoms with Gasteiger partial charge in [-0.25, -0.2) is 0 Å². The van der Waals surface area contributed by atoms with Crippen molar-refractivity contribution in [1.29, 1.82) is 0 Å². The van der Waals surface area contributed by atoms with Gasteiger partial charge in [0.15, 0.2) is 0 Å². The number of nitrogens with one attached hydrogen (secondary N) is 1. The van der Waals surface area contributed by atoms with Crippen LogP contribution in [0.2, 0.25) is 0 Å². The van der Waals surface area contributed by atoms with Crippen LogP contribution >= 0.6 is 0 Å². The van der Waals surface area contributed by atoms with Crippen molar-refractivity contribution in [3.8, 4) is 5.75 Å². The van der Waals surface area contributed by atoms with Crippen LogP contribution in [0.3, 0.4) is 0 Å². The Hall–Kier alpha value is -1.10. The highest BCUT2D eigenvalue weighted by molar-refractivity contribution is 5.20. The summed E-state index contributed by atoms with van der Waals surface area (Å²) in [6.07, 6.45) is 1.08. The summed E-state index contributed by atoms with van der Waals surface area (Å²) < 4.78 is 5.71. The molecule has 0 spiro atoms. The molecule has 2 rings (SSSR count). The molecular formula is C16H27N3O. The molecule has 1 saturated heterocycles. The van der Waals surface area contributed by atoms with E-state index in [0.717, 1.165) is 45.0 Å². The third-order valence-electron chi connectivity index (χ3n) is 3.70. The molecule has 1 aliphatic heterocycles. The van der Waals surface area contributed by atoms with Crippen molar-refractivity contribution in [2.75, 3.05) is 59.5 Å². The number of hydrogen-bond acceptors (Lipinski definition) is 4. The van der Waals surface area contributed by atoms with Gasteiger partial charge in [0, 0.05) is 45.8 Å². The summed E-state index contributed by atoms with van der Waals surface area (Å²) in [4.78, 5) is 4.93. The summed E-state index contributed by atoms with van der Waals surface area (Å²) in [6, 6.07) is 10.0. The van der Waals surface area contributed by atoms with Crippen LogP contribution in [0.5, 0.6) is 5.75 Å². The maximum atomic E-state index is 5.71. The van der Waals surface area contributed by atoms with Gasteiger partial charge in [0.05, 0.1) is 6.61 Å². The van der Waals surface area contributed by atoms with Gasteiger partial charge in [0.1, 0.15) is 5.75 Å². The number of nitrogens with zero attached hydrogens (tertiary/aromatic N) is 2. The van der Waals surface area contributed by atoms with Gasteiger partial charge >= 0.3 is 0 Å². The van der Waals surface area contributed by atoms with Crippen molar-refractivity contribution < 1.29 is 4.74 Å². The number of rotatable bonds is 8. The Bertz CT molecular complexity index is 352. The molecule has 1 aliphatic rings. The third kappa shape index (κ3) is 5.90. The standard InChI is InChI=1S/C16H27N3O/c1-18(13-14-19-11-8-17-9-12-19)10-5-15-20-16-6-3-2-4-7-16/h2-4,6-7,17H,5,8-15H2,1H3. The van der Waals surface area contributed by atoms with Crippen LogP contribution in [0, 0.1) is 0 Å². The van der Waals surface area contributed by atoms with Crippen molar-refractivity contribution in [2.24, 2.45) is 0 Å². The van der Waals surface area contributed by atoms with E-state index in [9.17, 15) is 0 Å². The molecule has 1 N–H and O–H groups in total. The summed E-state index contributed by atoms with van der Waals surface area (Å²) in [5, 5.41) is 3.39. The molecule has 0 atom stereocenters. The summed E-state index contributed by atoms with van der Waals surface area (Å²) in [6.45, 7) is 8.85. The maximum absolute atomic E-state index is 5.71. The number of para-hydroxylation sites is 1. The molecule has 4 heteroatoms. The molecule has 0 bridgehead atoms. The first-order valence-electron chi connectivity index (χ1n) is 7.64. The highest BCUT2D eigenvalue weighted by Crippen LogP contribution is 2.08. The van der Waals surface area contributed by atoms with Gasteiger partial charge in [-0.1, -0.05) is 18.2 Å². The largest absolute Gasteiger partial charge is 0.494 e. The van der Waals surface area contributed by atoms with Crippen molar-refractivity contribution in [3.63, 3.8) is 0 Å². The molecule has 1 aromatic carbocycles. The van der Waals surface area contributed by atoms with Crippen molar-refractivity contribution in [3.05, 3.63) is 30.3 Å². The lowest BCUT2D eigenvalue weighted by molar-refractivity contribution is 0.197. The van der Waals surface area contributed by atoms with E-state index in [2.05, 4.69) is 22.2 Å². The smallest absolute Gasteiger partial charge is 0.119 e. The van der Waals surface area contributed by atoms with Crippen LogP contribution in [0.1, 0.15) is 6.42 Å². The van der Waals surface area contributed by atoms with Gasteiger partial charge in [0.2, 0.25) is 0 Å². The van der Waals surface area contributed by atoms with Gasteiger partial charge in [-0.3, -0.25) is 4.90 Å². The highest BCUT2D eigenvalue weighted by Gasteiger charge is 2.09. The summed E-state index contributed by atoms with van der Waals surface area (Å²) >= 11 is 0. The molecule has 1 heterocycles. The fraction of sp³-hybridized carbons (Fsp3) is 0.625. The molecule has 112 valence electrons. The Balaban J connectivity index is 1.50. The van der Waals surface area contributed by atoms with Crippen LogP contribution in [0.4, 0.5) is 0 Å². The van der Waals surface area contributed by atoms with Gasteiger partial charge in [-0.05, 0) is 25.6 Å². The minimum Gasteiger partial charge on any atom is -0.494 e. The fourth-order valence-corrected chi connectivity index (χ4v) is 2.40. The van der Waals surface area contributed by atoms with Gasteiger partial charge in [-0.2, -0.15) is 0 Å². The predicted molar refractivity (Wildman–Crippen MR) is 83.4 cm³/mol. The molecule has 0 aliphatic carbocycles. The van der Waals surface area contributed by atoms with E-state index in [0.29, 0.717) is 0 Å². The molecule has 1 aromatic rings. The molecule has 0 radical (unpaired) electrons. The highest BCUT2D eigenvalue weighted by atomic mass is 16.5. The predicted octanol–water partition coefficient (Wildman–Crippen LogP) is 1.29. The van der Waals surface area contributed by atoms with E-state index in [1.807, 2.05) is 30.3 Å². The number of likely N-dealkylation sites (N-methyl/N-ethyl adjacent to an activating group) is 1. The Labute approximate surface area is 122 Å². The van der Waals surface area contributed by atoms with E-state index >= 15 is 0 Å². The van der Waals surface area contributed by atoms with Gasteiger partial charge in [0.25, 0.3) is 0 Å². The van der Waals surface area contributed by atoms with Gasteiger partial charge in [-0.15, -0.1) is 0 Å². The average molecular weight is 277 g/mol. The van der Waals surface area contributed by atoms with Crippen LogP contribution in [-0.2, 0) is 0 Å². The zero-order valence-electron chi connectivity index (χ0n) is 12.6. The van der Waals surface area contributed by atoms with Crippen LogP contribution in [-0.4, -0.2) is 69.3 Å². The lowest BCUT2D eigenvalue weighted by Crippen LogP contribution is -2.46. The number of benzene rings is 1. The second-order valence-corrected chi connectivity index (χ2v) is 5.41. The summed E-state index contributed by atoms with van der Waals surface area (Å²) in [5.74, 6) is 0.968. The van der Waals surface area contributed by atoms with E-state index < -0.39 is 0 Å². The van der Waals surface area contributed by atoms with E-state index in [1.54, 1.807) is 0 Å². The van der Waals surface area contributed by atoms with Gasteiger partial charge < -0.3 is 15.0 Å². The molecular weight excluding hydrogens is 250 g/mol. The monoisotopic (exact) mass is 277 g/mol. The third-order valence-corrected chi connectivity index (χ3v) is 3.70. The van der Waals surface area contributed by atoms with Crippen LogP contribution < -0.4 is 10.1 Å². The van der Waals surface area contributed by atoms with Crippen molar-refractivity contribution in [1.82, 2.24) is 15.1 Å². The summed E-state index contributed by atoms with van der Waals surface area (Å²) in [7, 11) is 2.20. The number of piperazine rings is 1. The Morgan fingerprint density at radius 2 is 1.90 bits per heavy atom. The van der Waals surface area contributed by atoms with Crippen LogP contribution in [0.15, 0.2) is 30.3 Å². The van der Waals surface area contributed by atoms with Crippen molar-refractivity contribution >= 4 is 0 Å². The van der Waals surface area contributed by atoms with E-state index in [1.165, 1.54) is 19.6 Å².